The lowest BCUT2D eigenvalue weighted by molar-refractivity contribution is -0.118. The zero-order valence-electron chi connectivity index (χ0n) is 13.5. The van der Waals surface area contributed by atoms with Gasteiger partial charge in [-0.05, 0) is 12.1 Å². The Morgan fingerprint density at radius 2 is 1.91 bits per heavy atom. The molecule has 1 rings (SSSR count). The maximum absolute atomic E-state index is 12.3. The third-order valence-electron chi connectivity index (χ3n) is 3.26. The van der Waals surface area contributed by atoms with E-state index in [1.807, 2.05) is 6.07 Å². The molecule has 0 aromatic heterocycles. The minimum atomic E-state index is -0.181. The molecule has 22 heavy (non-hydrogen) atoms. The van der Waals surface area contributed by atoms with Crippen molar-refractivity contribution in [2.45, 2.75) is 13.3 Å². The van der Waals surface area contributed by atoms with Crippen LogP contribution in [0.3, 0.4) is 0 Å². The van der Waals surface area contributed by atoms with Crippen molar-refractivity contribution in [1.29, 1.82) is 0 Å². The maximum Gasteiger partial charge on any atom is 0.253 e. The quantitative estimate of drug-likeness (QED) is 0.668. The summed E-state index contributed by atoms with van der Waals surface area (Å²) in [5.74, 6) is -0.207. The van der Waals surface area contributed by atoms with Gasteiger partial charge in [-0.3, -0.25) is 9.59 Å². The minimum Gasteiger partial charge on any atom is -0.383 e. The van der Waals surface area contributed by atoms with Gasteiger partial charge in [0.1, 0.15) is 0 Å². The first kappa shape index (κ1) is 18.1. The molecule has 0 atom stereocenters. The molecule has 0 spiro atoms. The lowest BCUT2D eigenvalue weighted by Gasteiger charge is -2.19. The van der Waals surface area contributed by atoms with E-state index in [2.05, 4.69) is 10.6 Å². The van der Waals surface area contributed by atoms with Crippen LogP contribution in [0.2, 0.25) is 0 Å². The number of nitrogens with one attached hydrogen (secondary N) is 2. The highest BCUT2D eigenvalue weighted by Crippen LogP contribution is 2.19. The molecule has 2 amide bonds. The zero-order valence-corrected chi connectivity index (χ0v) is 13.5. The third-order valence-corrected chi connectivity index (χ3v) is 3.26. The van der Waals surface area contributed by atoms with Crippen LogP contribution < -0.4 is 15.5 Å². The summed E-state index contributed by atoms with van der Waals surface area (Å²) >= 11 is 0. The Labute approximate surface area is 131 Å². The number of nitrogens with zero attached hydrogens (tertiary/aromatic N) is 1. The topological polar surface area (TPSA) is 70.7 Å². The van der Waals surface area contributed by atoms with Crippen LogP contribution in [-0.4, -0.2) is 52.2 Å². The molecule has 0 unspecified atom stereocenters. The largest absolute Gasteiger partial charge is 0.383 e. The van der Waals surface area contributed by atoms with Crippen LogP contribution in [0.5, 0.6) is 0 Å². The van der Waals surface area contributed by atoms with Gasteiger partial charge < -0.3 is 20.3 Å². The molecule has 0 bridgehead atoms. The van der Waals surface area contributed by atoms with Gasteiger partial charge in [-0.2, -0.15) is 0 Å². The Morgan fingerprint density at radius 3 is 2.59 bits per heavy atom. The SMILES string of the molecule is CCC(=O)N(C)c1ccccc1C(=O)NCCNCCOC. The Kier molecular flexibility index (Phi) is 8.17. The number of ether oxygens (including phenoxy) is 1. The van der Waals surface area contributed by atoms with Crippen LogP contribution in [0.1, 0.15) is 23.7 Å². The number of amides is 2. The molecule has 0 saturated heterocycles. The first-order chi connectivity index (χ1) is 10.6. The number of anilines is 1. The third kappa shape index (κ3) is 5.46. The molecule has 0 heterocycles. The molecule has 0 aliphatic carbocycles. The van der Waals surface area contributed by atoms with Gasteiger partial charge in [0, 0.05) is 40.2 Å². The van der Waals surface area contributed by atoms with Crippen LogP contribution >= 0.6 is 0 Å². The van der Waals surface area contributed by atoms with Crippen molar-refractivity contribution in [2.24, 2.45) is 0 Å². The summed E-state index contributed by atoms with van der Waals surface area (Å²) in [6.45, 7) is 4.37. The van der Waals surface area contributed by atoms with E-state index >= 15 is 0 Å². The highest BCUT2D eigenvalue weighted by molar-refractivity contribution is 6.04. The van der Waals surface area contributed by atoms with E-state index < -0.39 is 0 Å². The Bertz CT molecular complexity index is 491. The van der Waals surface area contributed by atoms with Gasteiger partial charge in [0.25, 0.3) is 5.91 Å². The molecule has 0 fully saturated rings. The fraction of sp³-hybridized carbons (Fsp3) is 0.500. The summed E-state index contributed by atoms with van der Waals surface area (Å²) in [5, 5.41) is 6.00. The van der Waals surface area contributed by atoms with Crippen LogP contribution in [0.4, 0.5) is 5.69 Å². The van der Waals surface area contributed by atoms with Gasteiger partial charge in [-0.1, -0.05) is 19.1 Å². The van der Waals surface area contributed by atoms with Gasteiger partial charge in [0.15, 0.2) is 0 Å². The van der Waals surface area contributed by atoms with E-state index in [1.54, 1.807) is 39.3 Å². The molecule has 1 aromatic carbocycles. The average Bonchev–Trinajstić information content (AvgIpc) is 2.56. The first-order valence-electron chi connectivity index (χ1n) is 7.45. The second-order valence-corrected chi connectivity index (χ2v) is 4.82. The van der Waals surface area contributed by atoms with E-state index in [4.69, 9.17) is 4.74 Å². The second-order valence-electron chi connectivity index (χ2n) is 4.82. The fourth-order valence-electron chi connectivity index (χ4n) is 1.99. The standard InChI is InChI=1S/C16H25N3O3/c1-4-15(20)19(2)14-8-6-5-7-13(14)16(21)18-10-9-17-11-12-22-3/h5-8,17H,4,9-12H2,1-3H3,(H,18,21). The monoisotopic (exact) mass is 307 g/mol. The van der Waals surface area contributed by atoms with Crippen LogP contribution in [0.15, 0.2) is 24.3 Å². The summed E-state index contributed by atoms with van der Waals surface area (Å²) < 4.78 is 4.93. The molecule has 122 valence electrons. The van der Waals surface area contributed by atoms with Crippen molar-refractivity contribution < 1.29 is 14.3 Å². The van der Waals surface area contributed by atoms with Gasteiger partial charge in [-0.25, -0.2) is 0 Å². The Morgan fingerprint density at radius 1 is 1.18 bits per heavy atom. The van der Waals surface area contributed by atoms with Gasteiger partial charge >= 0.3 is 0 Å². The number of carbonyl (C=O) groups excluding carboxylic acids is 2. The summed E-state index contributed by atoms with van der Waals surface area (Å²) in [5.41, 5.74) is 1.13. The van der Waals surface area contributed by atoms with Crippen molar-refractivity contribution in [3.05, 3.63) is 29.8 Å². The number of rotatable bonds is 9. The predicted octanol–water partition coefficient (Wildman–Crippen LogP) is 1.03. The summed E-state index contributed by atoms with van der Waals surface area (Å²) in [6, 6.07) is 7.11. The second kappa shape index (κ2) is 9.92. The van der Waals surface area contributed by atoms with Gasteiger partial charge in [0.05, 0.1) is 17.9 Å². The molecular weight excluding hydrogens is 282 g/mol. The van der Waals surface area contributed by atoms with E-state index in [-0.39, 0.29) is 11.8 Å². The molecular formula is C16H25N3O3. The molecule has 2 N–H and O–H groups in total. The highest BCUT2D eigenvalue weighted by atomic mass is 16.5. The smallest absolute Gasteiger partial charge is 0.253 e. The average molecular weight is 307 g/mol. The molecule has 0 aliphatic heterocycles. The fourth-order valence-corrected chi connectivity index (χ4v) is 1.99. The van der Waals surface area contributed by atoms with E-state index in [1.165, 1.54) is 4.90 Å². The summed E-state index contributed by atoms with van der Waals surface area (Å²) in [7, 11) is 3.33. The number of hydrogen-bond acceptors (Lipinski definition) is 4. The van der Waals surface area contributed by atoms with Crippen molar-refractivity contribution in [3.8, 4) is 0 Å². The number of hydrogen-bond donors (Lipinski definition) is 2. The number of para-hydroxylation sites is 1. The highest BCUT2D eigenvalue weighted by Gasteiger charge is 2.16. The van der Waals surface area contributed by atoms with E-state index in [9.17, 15) is 9.59 Å². The summed E-state index contributed by atoms with van der Waals surface area (Å²) in [6.07, 6.45) is 0.399. The lowest BCUT2D eigenvalue weighted by atomic mass is 10.1. The van der Waals surface area contributed by atoms with Crippen molar-refractivity contribution in [3.63, 3.8) is 0 Å². The minimum absolute atomic E-state index is 0.0264. The molecule has 6 nitrogen and oxygen atoms in total. The molecule has 0 radical (unpaired) electrons. The van der Waals surface area contributed by atoms with Crippen molar-refractivity contribution in [2.75, 3.05) is 45.3 Å². The maximum atomic E-state index is 12.3. The van der Waals surface area contributed by atoms with Crippen molar-refractivity contribution >= 4 is 17.5 Å². The normalized spacial score (nSPS) is 10.3. The van der Waals surface area contributed by atoms with E-state index in [0.29, 0.717) is 37.4 Å². The number of carbonyl (C=O) groups is 2. The molecule has 1 aromatic rings. The van der Waals surface area contributed by atoms with Gasteiger partial charge in [-0.15, -0.1) is 0 Å². The van der Waals surface area contributed by atoms with Crippen LogP contribution in [0, 0.1) is 0 Å². The molecule has 0 saturated carbocycles. The van der Waals surface area contributed by atoms with Crippen LogP contribution in [-0.2, 0) is 9.53 Å². The van der Waals surface area contributed by atoms with Crippen LogP contribution in [0.25, 0.3) is 0 Å². The molecule has 6 heteroatoms. The molecule has 0 aliphatic rings. The van der Waals surface area contributed by atoms with Gasteiger partial charge in [0.2, 0.25) is 5.91 Å². The van der Waals surface area contributed by atoms with E-state index in [0.717, 1.165) is 6.54 Å². The van der Waals surface area contributed by atoms with Crippen molar-refractivity contribution in [1.82, 2.24) is 10.6 Å². The summed E-state index contributed by atoms with van der Waals surface area (Å²) in [4.78, 5) is 25.6. The first-order valence-corrected chi connectivity index (χ1v) is 7.45. The zero-order chi connectivity index (χ0) is 16.4. The number of methoxy groups -OCH3 is 1. The Hall–Kier alpha value is -1.92. The lowest BCUT2D eigenvalue weighted by Crippen LogP contribution is -2.34. The number of benzene rings is 1. The predicted molar refractivity (Wildman–Crippen MR) is 87.2 cm³/mol. The Balaban J connectivity index is 2.60.